The van der Waals surface area contributed by atoms with Crippen molar-refractivity contribution < 1.29 is 23.7 Å². The van der Waals surface area contributed by atoms with Gasteiger partial charge in [0.2, 0.25) is 6.10 Å². The van der Waals surface area contributed by atoms with Crippen molar-refractivity contribution >= 4 is 11.6 Å². The zero-order chi connectivity index (χ0) is 22.8. The first-order valence-corrected chi connectivity index (χ1v) is 10.4. The SMILES string of the molecule is COc1ccc(O[C@H]2C(=O)N(c3ccc(C)c(C)c3)[C@@H]2c2ccc(OC)c(OC)c2)cc1. The summed E-state index contributed by atoms with van der Waals surface area (Å²) in [4.78, 5) is 15.0. The molecule has 2 atom stereocenters. The van der Waals surface area contributed by atoms with Gasteiger partial charge in [-0.3, -0.25) is 9.69 Å². The van der Waals surface area contributed by atoms with Crippen LogP contribution in [0.15, 0.2) is 60.7 Å². The summed E-state index contributed by atoms with van der Waals surface area (Å²) >= 11 is 0. The number of carbonyl (C=O) groups is 1. The van der Waals surface area contributed by atoms with E-state index in [9.17, 15) is 4.79 Å². The van der Waals surface area contributed by atoms with Gasteiger partial charge in [-0.1, -0.05) is 12.1 Å². The fourth-order valence-electron chi connectivity index (χ4n) is 3.90. The Labute approximate surface area is 188 Å². The molecule has 6 nitrogen and oxygen atoms in total. The number of hydrogen-bond donors (Lipinski definition) is 0. The van der Waals surface area contributed by atoms with Crippen LogP contribution < -0.4 is 23.8 Å². The van der Waals surface area contributed by atoms with Gasteiger partial charge in [-0.15, -0.1) is 0 Å². The molecule has 0 radical (unpaired) electrons. The van der Waals surface area contributed by atoms with E-state index in [1.54, 1.807) is 38.4 Å². The molecule has 0 aliphatic carbocycles. The van der Waals surface area contributed by atoms with Gasteiger partial charge in [-0.25, -0.2) is 0 Å². The number of benzene rings is 3. The minimum absolute atomic E-state index is 0.0937. The molecule has 0 N–H and O–H groups in total. The maximum Gasteiger partial charge on any atom is 0.271 e. The van der Waals surface area contributed by atoms with Crippen molar-refractivity contribution in [2.24, 2.45) is 0 Å². The van der Waals surface area contributed by atoms with Crippen LogP contribution in [0.3, 0.4) is 0 Å². The molecule has 6 heteroatoms. The Morgan fingerprint density at radius 2 is 1.41 bits per heavy atom. The fraction of sp³-hybridized carbons (Fsp3) is 0.269. The van der Waals surface area contributed by atoms with E-state index in [1.807, 2.05) is 55.5 Å². The molecule has 0 aromatic heterocycles. The molecular formula is C26H27NO5. The second-order valence-corrected chi connectivity index (χ2v) is 7.75. The lowest BCUT2D eigenvalue weighted by atomic mass is 9.89. The highest BCUT2D eigenvalue weighted by atomic mass is 16.5. The van der Waals surface area contributed by atoms with E-state index in [4.69, 9.17) is 18.9 Å². The fourth-order valence-corrected chi connectivity index (χ4v) is 3.90. The molecule has 3 aromatic rings. The van der Waals surface area contributed by atoms with Gasteiger partial charge in [0.15, 0.2) is 11.5 Å². The average Bonchev–Trinajstić information content (AvgIpc) is 2.82. The highest BCUT2D eigenvalue weighted by molar-refractivity contribution is 6.05. The number of β-lactam (4-membered cyclic amide) rings is 1. The Hall–Kier alpha value is -3.67. The van der Waals surface area contributed by atoms with Crippen LogP contribution in [-0.2, 0) is 4.79 Å². The summed E-state index contributed by atoms with van der Waals surface area (Å²) in [6.45, 7) is 4.10. The van der Waals surface area contributed by atoms with Crippen molar-refractivity contribution in [3.63, 3.8) is 0 Å². The monoisotopic (exact) mass is 433 g/mol. The topological polar surface area (TPSA) is 57.2 Å². The molecule has 4 rings (SSSR count). The molecule has 0 unspecified atom stereocenters. The first-order valence-electron chi connectivity index (χ1n) is 10.4. The zero-order valence-electron chi connectivity index (χ0n) is 18.9. The summed E-state index contributed by atoms with van der Waals surface area (Å²) in [6, 6.07) is 18.6. The predicted molar refractivity (Wildman–Crippen MR) is 123 cm³/mol. The standard InChI is InChI=1S/C26H27NO5/c1-16-6-8-19(14-17(16)2)27-24(18-7-13-22(30-4)23(15-18)31-5)25(26(27)28)32-21-11-9-20(29-3)10-12-21/h6-15,24-25H,1-5H3/t24-,25-/m1/s1. The van der Waals surface area contributed by atoms with Gasteiger partial charge in [-0.05, 0) is 79.1 Å². The largest absolute Gasteiger partial charge is 0.497 e. The summed E-state index contributed by atoms with van der Waals surface area (Å²) in [5.74, 6) is 2.48. The van der Waals surface area contributed by atoms with E-state index in [0.29, 0.717) is 17.2 Å². The number of rotatable bonds is 7. The summed E-state index contributed by atoms with van der Waals surface area (Å²) < 4.78 is 22.2. The summed E-state index contributed by atoms with van der Waals surface area (Å²) in [5.41, 5.74) is 4.04. The summed E-state index contributed by atoms with van der Waals surface area (Å²) in [7, 11) is 4.81. The number of aryl methyl sites for hydroxylation is 2. The highest BCUT2D eigenvalue weighted by Crippen LogP contribution is 2.43. The van der Waals surface area contributed by atoms with Crippen LogP contribution in [0.2, 0.25) is 0 Å². The number of carbonyl (C=O) groups excluding carboxylic acids is 1. The van der Waals surface area contributed by atoms with Crippen molar-refractivity contribution in [2.75, 3.05) is 26.2 Å². The Morgan fingerprint density at radius 1 is 0.719 bits per heavy atom. The third kappa shape index (κ3) is 3.84. The Morgan fingerprint density at radius 3 is 2.03 bits per heavy atom. The molecule has 3 aromatic carbocycles. The summed E-state index contributed by atoms with van der Waals surface area (Å²) in [6.07, 6.45) is -0.664. The molecular weight excluding hydrogens is 406 g/mol. The molecule has 1 aliphatic heterocycles. The van der Waals surface area contributed by atoms with E-state index in [0.717, 1.165) is 22.6 Å². The molecule has 1 aliphatic rings. The van der Waals surface area contributed by atoms with Gasteiger partial charge in [0, 0.05) is 5.69 Å². The molecule has 32 heavy (non-hydrogen) atoms. The highest BCUT2D eigenvalue weighted by Gasteiger charge is 2.51. The van der Waals surface area contributed by atoms with Crippen molar-refractivity contribution in [1.29, 1.82) is 0 Å². The first-order chi connectivity index (χ1) is 15.5. The Kier molecular flexibility index (Phi) is 5.95. The van der Waals surface area contributed by atoms with Crippen LogP contribution in [0, 0.1) is 13.8 Å². The Balaban J connectivity index is 1.72. The van der Waals surface area contributed by atoms with Crippen molar-refractivity contribution in [3.8, 4) is 23.0 Å². The average molecular weight is 434 g/mol. The summed E-state index contributed by atoms with van der Waals surface area (Å²) in [5, 5.41) is 0. The van der Waals surface area contributed by atoms with Crippen LogP contribution in [-0.4, -0.2) is 33.3 Å². The van der Waals surface area contributed by atoms with E-state index < -0.39 is 6.10 Å². The van der Waals surface area contributed by atoms with E-state index >= 15 is 0 Å². The molecule has 1 amide bonds. The third-order valence-electron chi connectivity index (χ3n) is 5.89. The molecule has 0 spiro atoms. The van der Waals surface area contributed by atoms with Crippen LogP contribution in [0.5, 0.6) is 23.0 Å². The number of hydrogen-bond acceptors (Lipinski definition) is 5. The lowest BCUT2D eigenvalue weighted by molar-refractivity contribution is -0.135. The quantitative estimate of drug-likeness (QED) is 0.498. The van der Waals surface area contributed by atoms with Gasteiger partial charge in [0.05, 0.1) is 21.3 Å². The predicted octanol–water partition coefficient (Wildman–Crippen LogP) is 4.86. The number of amides is 1. The van der Waals surface area contributed by atoms with E-state index in [2.05, 4.69) is 6.92 Å². The number of methoxy groups -OCH3 is 3. The second-order valence-electron chi connectivity index (χ2n) is 7.75. The van der Waals surface area contributed by atoms with Gasteiger partial charge < -0.3 is 18.9 Å². The molecule has 166 valence electrons. The minimum Gasteiger partial charge on any atom is -0.497 e. The second kappa shape index (κ2) is 8.83. The normalized spacial score (nSPS) is 17.5. The van der Waals surface area contributed by atoms with Crippen molar-refractivity contribution in [1.82, 2.24) is 0 Å². The van der Waals surface area contributed by atoms with Crippen LogP contribution in [0.4, 0.5) is 5.69 Å². The molecule has 0 saturated carbocycles. The van der Waals surface area contributed by atoms with Crippen LogP contribution >= 0.6 is 0 Å². The van der Waals surface area contributed by atoms with E-state index in [1.165, 1.54) is 5.56 Å². The van der Waals surface area contributed by atoms with Gasteiger partial charge in [0.1, 0.15) is 17.5 Å². The first kappa shape index (κ1) is 21.6. The van der Waals surface area contributed by atoms with Crippen molar-refractivity contribution in [3.05, 3.63) is 77.4 Å². The number of anilines is 1. The minimum atomic E-state index is -0.664. The lowest BCUT2D eigenvalue weighted by Gasteiger charge is -2.47. The maximum atomic E-state index is 13.3. The van der Waals surface area contributed by atoms with E-state index in [-0.39, 0.29) is 11.9 Å². The van der Waals surface area contributed by atoms with Gasteiger partial charge in [0.25, 0.3) is 5.91 Å². The van der Waals surface area contributed by atoms with Crippen LogP contribution in [0.25, 0.3) is 0 Å². The van der Waals surface area contributed by atoms with Gasteiger partial charge in [-0.2, -0.15) is 0 Å². The number of nitrogens with zero attached hydrogens (tertiary/aromatic N) is 1. The van der Waals surface area contributed by atoms with Crippen molar-refractivity contribution in [2.45, 2.75) is 26.0 Å². The zero-order valence-corrected chi connectivity index (χ0v) is 18.9. The smallest absolute Gasteiger partial charge is 0.271 e. The molecule has 1 fully saturated rings. The molecule has 1 saturated heterocycles. The molecule has 0 bridgehead atoms. The lowest BCUT2D eigenvalue weighted by Crippen LogP contribution is -2.61. The number of ether oxygens (including phenoxy) is 4. The third-order valence-corrected chi connectivity index (χ3v) is 5.89. The Bertz CT molecular complexity index is 1130. The van der Waals surface area contributed by atoms with Gasteiger partial charge >= 0.3 is 0 Å². The van der Waals surface area contributed by atoms with Crippen LogP contribution in [0.1, 0.15) is 22.7 Å². The molecule has 1 heterocycles. The maximum absolute atomic E-state index is 13.3.